The fourth-order valence-corrected chi connectivity index (χ4v) is 3.27. The van der Waals surface area contributed by atoms with Crippen molar-refractivity contribution in [2.45, 2.75) is 66.2 Å². The van der Waals surface area contributed by atoms with Gasteiger partial charge in [0.2, 0.25) is 0 Å². The Labute approximate surface area is 146 Å². The molecule has 1 fully saturated rings. The maximum Gasteiger partial charge on any atom is 0.0584 e. The van der Waals surface area contributed by atoms with Crippen LogP contribution < -0.4 is 5.73 Å². The van der Waals surface area contributed by atoms with E-state index in [1.807, 2.05) is 31.3 Å². The number of nitrogens with two attached hydrogens (primary N) is 1. The van der Waals surface area contributed by atoms with E-state index in [2.05, 4.69) is 25.8 Å². The van der Waals surface area contributed by atoms with Crippen molar-refractivity contribution in [2.24, 2.45) is 15.9 Å². The van der Waals surface area contributed by atoms with Gasteiger partial charge in [-0.1, -0.05) is 32.3 Å². The molecule has 130 valence electrons. The minimum Gasteiger partial charge on any atom is -0.399 e. The van der Waals surface area contributed by atoms with Crippen LogP contribution in [0, 0.1) is 5.92 Å². The van der Waals surface area contributed by atoms with E-state index in [4.69, 9.17) is 10.7 Å². The van der Waals surface area contributed by atoms with E-state index in [1.165, 1.54) is 43.4 Å². The maximum atomic E-state index is 5.86. The Kier molecular flexibility index (Phi) is 6.77. The third kappa shape index (κ3) is 5.05. The highest BCUT2D eigenvalue weighted by Gasteiger charge is 2.16. The van der Waals surface area contributed by atoms with Crippen LogP contribution in [0.1, 0.15) is 70.9 Å². The number of hydrogen-bond donors (Lipinski definition) is 1. The molecule has 1 aromatic rings. The summed E-state index contributed by atoms with van der Waals surface area (Å²) in [4.78, 5) is 9.47. The first-order valence-corrected chi connectivity index (χ1v) is 9.16. The van der Waals surface area contributed by atoms with Crippen molar-refractivity contribution in [3.63, 3.8) is 0 Å². The molecule has 0 aliphatic heterocycles. The van der Waals surface area contributed by atoms with Gasteiger partial charge in [0.15, 0.2) is 0 Å². The highest BCUT2D eigenvalue weighted by Crippen LogP contribution is 2.25. The number of anilines is 1. The molecule has 0 heterocycles. The zero-order chi connectivity index (χ0) is 17.5. The number of benzene rings is 1. The van der Waals surface area contributed by atoms with Crippen LogP contribution in [0.3, 0.4) is 0 Å². The van der Waals surface area contributed by atoms with Crippen LogP contribution in [0.2, 0.25) is 0 Å². The Morgan fingerprint density at radius 1 is 1.12 bits per heavy atom. The standard InChI is InChI=1S/C21H31N3/c1-5-18-13-21(22)12-11-20(18)14-23-15(2)16(3)24-17(4)19-9-7-6-8-10-19/h11-14,19H,5-10,22H2,1-4H3/b16-15+,23-14+,24-17+. The fourth-order valence-electron chi connectivity index (χ4n) is 3.27. The third-order valence-corrected chi connectivity index (χ3v) is 5.01. The molecule has 1 aromatic carbocycles. The summed E-state index contributed by atoms with van der Waals surface area (Å²) in [5.74, 6) is 0.661. The Morgan fingerprint density at radius 2 is 1.83 bits per heavy atom. The van der Waals surface area contributed by atoms with Crippen LogP contribution in [0.4, 0.5) is 5.69 Å². The van der Waals surface area contributed by atoms with Gasteiger partial charge in [-0.2, -0.15) is 0 Å². The first kappa shape index (κ1) is 18.4. The Hall–Kier alpha value is -1.90. The van der Waals surface area contributed by atoms with E-state index < -0.39 is 0 Å². The van der Waals surface area contributed by atoms with Crippen molar-refractivity contribution < 1.29 is 0 Å². The van der Waals surface area contributed by atoms with Crippen molar-refractivity contribution >= 4 is 17.6 Å². The van der Waals surface area contributed by atoms with Crippen LogP contribution in [-0.2, 0) is 6.42 Å². The summed E-state index contributed by atoms with van der Waals surface area (Å²) in [6, 6.07) is 5.99. The number of allylic oxidation sites excluding steroid dienone is 2. The molecule has 1 aliphatic rings. The molecule has 0 radical (unpaired) electrons. The molecular formula is C21H31N3. The minimum absolute atomic E-state index is 0.661. The van der Waals surface area contributed by atoms with Gasteiger partial charge in [0.05, 0.1) is 11.4 Å². The summed E-state index contributed by atoms with van der Waals surface area (Å²) in [5, 5.41) is 0. The summed E-state index contributed by atoms with van der Waals surface area (Å²) >= 11 is 0. The predicted octanol–water partition coefficient (Wildman–Crippen LogP) is 5.54. The van der Waals surface area contributed by atoms with Crippen LogP contribution in [-0.4, -0.2) is 11.9 Å². The number of rotatable bonds is 5. The van der Waals surface area contributed by atoms with Crippen molar-refractivity contribution in [1.82, 2.24) is 0 Å². The number of aryl methyl sites for hydroxylation is 1. The number of nitrogens with zero attached hydrogens (tertiary/aromatic N) is 2. The normalized spacial score (nSPS) is 18.1. The summed E-state index contributed by atoms with van der Waals surface area (Å²) < 4.78 is 0. The molecule has 1 aliphatic carbocycles. The van der Waals surface area contributed by atoms with Crippen LogP contribution in [0.5, 0.6) is 0 Å². The number of hydrogen-bond acceptors (Lipinski definition) is 3. The van der Waals surface area contributed by atoms with Crippen LogP contribution in [0.15, 0.2) is 39.6 Å². The van der Waals surface area contributed by atoms with E-state index in [0.717, 1.165) is 29.1 Å². The smallest absolute Gasteiger partial charge is 0.0584 e. The third-order valence-electron chi connectivity index (χ3n) is 5.01. The number of aliphatic imine (C=N–C) groups is 2. The SMILES string of the molecule is CCc1cc(N)ccc1/C=N/C(C)=C(C)/N=C(\C)C1CCCCC1. The molecule has 0 unspecified atom stereocenters. The zero-order valence-corrected chi connectivity index (χ0v) is 15.6. The first-order chi connectivity index (χ1) is 11.5. The average Bonchev–Trinajstić information content (AvgIpc) is 2.60. The highest BCUT2D eigenvalue weighted by molar-refractivity contribution is 5.86. The molecule has 0 atom stereocenters. The molecule has 0 spiro atoms. The van der Waals surface area contributed by atoms with Gasteiger partial charge >= 0.3 is 0 Å². The summed E-state index contributed by atoms with van der Waals surface area (Å²) in [5.41, 5.74) is 12.3. The van der Waals surface area contributed by atoms with Gasteiger partial charge in [0.25, 0.3) is 0 Å². The minimum atomic E-state index is 0.661. The van der Waals surface area contributed by atoms with E-state index >= 15 is 0 Å². The van der Waals surface area contributed by atoms with Gasteiger partial charge in [-0.25, -0.2) is 0 Å². The molecule has 0 saturated heterocycles. The fraction of sp³-hybridized carbons (Fsp3) is 0.524. The maximum absolute atomic E-state index is 5.86. The Morgan fingerprint density at radius 3 is 2.50 bits per heavy atom. The van der Waals surface area contributed by atoms with Gasteiger partial charge in [-0.05, 0) is 69.2 Å². The second-order valence-corrected chi connectivity index (χ2v) is 6.83. The van der Waals surface area contributed by atoms with Gasteiger partial charge in [0.1, 0.15) is 0 Å². The predicted molar refractivity (Wildman–Crippen MR) is 106 cm³/mol. The molecule has 3 heteroatoms. The molecule has 0 aromatic heterocycles. The molecule has 24 heavy (non-hydrogen) atoms. The lowest BCUT2D eigenvalue weighted by Crippen LogP contribution is -2.15. The number of nitrogen functional groups attached to an aromatic ring is 1. The lowest BCUT2D eigenvalue weighted by Gasteiger charge is -2.21. The second kappa shape index (κ2) is 8.81. The van der Waals surface area contributed by atoms with Crippen molar-refractivity contribution in [1.29, 1.82) is 0 Å². The summed E-state index contributed by atoms with van der Waals surface area (Å²) in [7, 11) is 0. The van der Waals surface area contributed by atoms with Crippen LogP contribution >= 0.6 is 0 Å². The van der Waals surface area contributed by atoms with Crippen molar-refractivity contribution in [3.05, 3.63) is 40.7 Å². The Bertz CT molecular complexity index is 647. The molecule has 3 nitrogen and oxygen atoms in total. The van der Waals surface area contributed by atoms with Crippen molar-refractivity contribution in [2.75, 3.05) is 5.73 Å². The quantitative estimate of drug-likeness (QED) is 0.560. The van der Waals surface area contributed by atoms with E-state index in [9.17, 15) is 0 Å². The molecular weight excluding hydrogens is 294 g/mol. The Balaban J connectivity index is 2.14. The molecule has 2 N–H and O–H groups in total. The van der Waals surface area contributed by atoms with E-state index in [0.29, 0.717) is 5.92 Å². The molecule has 0 amide bonds. The van der Waals surface area contributed by atoms with Gasteiger partial charge in [0, 0.05) is 17.6 Å². The largest absolute Gasteiger partial charge is 0.399 e. The summed E-state index contributed by atoms with van der Waals surface area (Å²) in [6.45, 7) is 8.40. The molecule has 2 rings (SSSR count). The van der Waals surface area contributed by atoms with Crippen LogP contribution in [0.25, 0.3) is 0 Å². The van der Waals surface area contributed by atoms with Crippen molar-refractivity contribution in [3.8, 4) is 0 Å². The van der Waals surface area contributed by atoms with Gasteiger partial charge in [-0.15, -0.1) is 0 Å². The topological polar surface area (TPSA) is 50.7 Å². The van der Waals surface area contributed by atoms with Gasteiger partial charge < -0.3 is 5.73 Å². The zero-order valence-electron chi connectivity index (χ0n) is 15.6. The summed E-state index contributed by atoms with van der Waals surface area (Å²) in [6.07, 6.45) is 9.52. The first-order valence-electron chi connectivity index (χ1n) is 9.16. The highest BCUT2D eigenvalue weighted by atomic mass is 14.8. The second-order valence-electron chi connectivity index (χ2n) is 6.83. The van der Waals surface area contributed by atoms with E-state index in [1.54, 1.807) is 0 Å². The lowest BCUT2D eigenvalue weighted by atomic mass is 9.86. The monoisotopic (exact) mass is 325 g/mol. The molecule has 1 saturated carbocycles. The van der Waals surface area contributed by atoms with Gasteiger partial charge in [-0.3, -0.25) is 9.98 Å². The average molecular weight is 326 g/mol. The molecule has 0 bridgehead atoms. The lowest BCUT2D eigenvalue weighted by molar-refractivity contribution is 0.438. The van der Waals surface area contributed by atoms with E-state index in [-0.39, 0.29) is 0 Å².